The number of aryl methyl sites for hydroxylation is 1. The van der Waals surface area contributed by atoms with E-state index in [1.807, 2.05) is 66.3 Å². The molecule has 1 saturated heterocycles. The molecule has 4 aromatic rings. The van der Waals surface area contributed by atoms with Gasteiger partial charge in [0.05, 0.1) is 11.4 Å². The van der Waals surface area contributed by atoms with Crippen molar-refractivity contribution in [2.75, 3.05) is 26.2 Å². The maximum atomic E-state index is 13.8. The molecule has 1 N–H and O–H groups in total. The van der Waals surface area contributed by atoms with Gasteiger partial charge in [-0.3, -0.25) is 9.59 Å². The van der Waals surface area contributed by atoms with Gasteiger partial charge in [0.25, 0.3) is 5.56 Å². The summed E-state index contributed by atoms with van der Waals surface area (Å²) < 4.78 is 4.93. The molecular weight excluding hydrogens is 454 g/mol. The fraction of sp³-hybridized carbons (Fsp3) is 0.407. The zero-order valence-corrected chi connectivity index (χ0v) is 20.9. The van der Waals surface area contributed by atoms with Crippen molar-refractivity contribution in [3.05, 3.63) is 70.9 Å². The molecule has 9 nitrogen and oxygen atoms in total. The van der Waals surface area contributed by atoms with Crippen LogP contribution in [-0.2, 0) is 4.79 Å². The summed E-state index contributed by atoms with van der Waals surface area (Å²) in [4.78, 5) is 29.2. The number of fused-ring (bicyclic) bond motifs is 1. The molecule has 0 spiro atoms. The van der Waals surface area contributed by atoms with Crippen molar-refractivity contribution in [1.82, 2.24) is 34.3 Å². The van der Waals surface area contributed by atoms with E-state index in [4.69, 9.17) is 5.10 Å². The third-order valence-corrected chi connectivity index (χ3v) is 6.91. The van der Waals surface area contributed by atoms with Crippen LogP contribution in [0.3, 0.4) is 0 Å². The molecule has 1 aliphatic rings. The number of aromatic nitrogens is 5. The van der Waals surface area contributed by atoms with Crippen molar-refractivity contribution in [3.8, 4) is 11.5 Å². The summed E-state index contributed by atoms with van der Waals surface area (Å²) in [5, 5.41) is 12.7. The molecule has 1 aliphatic heterocycles. The van der Waals surface area contributed by atoms with Crippen molar-refractivity contribution in [1.29, 1.82) is 0 Å². The van der Waals surface area contributed by atoms with E-state index in [0.29, 0.717) is 29.0 Å². The molecule has 1 atom stereocenters. The number of nitrogens with one attached hydrogen (secondary N) is 1. The van der Waals surface area contributed by atoms with Gasteiger partial charge in [-0.2, -0.15) is 10.2 Å². The monoisotopic (exact) mass is 487 g/mol. The van der Waals surface area contributed by atoms with Crippen LogP contribution < -0.4 is 10.9 Å². The Morgan fingerprint density at radius 2 is 1.69 bits per heavy atom. The van der Waals surface area contributed by atoms with Crippen molar-refractivity contribution in [3.63, 3.8) is 0 Å². The topological polar surface area (TPSA) is 90.0 Å². The van der Waals surface area contributed by atoms with Crippen LogP contribution in [0.15, 0.2) is 59.7 Å². The van der Waals surface area contributed by atoms with Crippen LogP contribution in [0.2, 0.25) is 0 Å². The number of nitrogens with zero attached hydrogens (tertiary/aromatic N) is 6. The summed E-state index contributed by atoms with van der Waals surface area (Å²) >= 11 is 0. The quantitative estimate of drug-likeness (QED) is 0.432. The summed E-state index contributed by atoms with van der Waals surface area (Å²) in [5.41, 5.74) is 1.62. The Kier molecular flexibility index (Phi) is 6.99. The lowest BCUT2D eigenvalue weighted by molar-refractivity contribution is -0.124. The predicted molar refractivity (Wildman–Crippen MR) is 140 cm³/mol. The van der Waals surface area contributed by atoms with E-state index in [9.17, 15) is 9.59 Å². The molecule has 0 bridgehead atoms. The molecule has 0 aliphatic carbocycles. The van der Waals surface area contributed by atoms with Crippen LogP contribution in [0, 0.1) is 6.92 Å². The number of para-hydroxylation sites is 1. The highest BCUT2D eigenvalue weighted by Crippen LogP contribution is 2.25. The highest BCUT2D eigenvalue weighted by atomic mass is 16.2. The lowest BCUT2D eigenvalue weighted by Gasteiger charge is -2.21. The number of hydrogen-bond donors (Lipinski definition) is 1. The summed E-state index contributed by atoms with van der Waals surface area (Å²) in [5.74, 6) is 0.412. The van der Waals surface area contributed by atoms with Gasteiger partial charge in [0.1, 0.15) is 16.9 Å². The minimum absolute atomic E-state index is 0.212. The number of hydrogen-bond acceptors (Lipinski definition) is 5. The zero-order chi connectivity index (χ0) is 25.1. The number of rotatable bonds is 7. The first-order valence-corrected chi connectivity index (χ1v) is 12.8. The highest BCUT2D eigenvalue weighted by molar-refractivity contribution is 5.88. The number of benzene rings is 1. The Labute approximate surface area is 210 Å². The maximum absolute atomic E-state index is 13.8. The van der Waals surface area contributed by atoms with Crippen molar-refractivity contribution in [2.45, 2.75) is 45.6 Å². The molecule has 1 amide bonds. The first-order valence-electron chi connectivity index (χ1n) is 12.8. The molecule has 1 aromatic carbocycles. The molecule has 1 fully saturated rings. The summed E-state index contributed by atoms with van der Waals surface area (Å²) in [6.07, 6.45) is 8.75. The number of carbonyl (C=O) groups is 1. The summed E-state index contributed by atoms with van der Waals surface area (Å²) in [7, 11) is 0. The minimum atomic E-state index is -0.748. The second-order valence-electron chi connectivity index (χ2n) is 9.44. The molecule has 36 heavy (non-hydrogen) atoms. The zero-order valence-electron chi connectivity index (χ0n) is 20.9. The Morgan fingerprint density at radius 1 is 1.00 bits per heavy atom. The molecule has 0 unspecified atom stereocenters. The molecule has 5 rings (SSSR count). The maximum Gasteiger partial charge on any atom is 0.280 e. The average molecular weight is 488 g/mol. The Hall–Kier alpha value is -3.72. The van der Waals surface area contributed by atoms with Crippen LogP contribution in [0.5, 0.6) is 0 Å². The molecule has 188 valence electrons. The predicted octanol–water partition coefficient (Wildman–Crippen LogP) is 3.23. The second-order valence-corrected chi connectivity index (χ2v) is 9.44. The van der Waals surface area contributed by atoms with Gasteiger partial charge in [0, 0.05) is 25.5 Å². The first-order chi connectivity index (χ1) is 17.5. The van der Waals surface area contributed by atoms with Gasteiger partial charge >= 0.3 is 0 Å². The van der Waals surface area contributed by atoms with E-state index in [0.717, 1.165) is 25.3 Å². The normalized spacial score (nSPS) is 15.6. The van der Waals surface area contributed by atoms with Gasteiger partial charge in [0.2, 0.25) is 5.91 Å². The van der Waals surface area contributed by atoms with Crippen molar-refractivity contribution >= 4 is 16.8 Å². The molecule has 0 radical (unpaired) electrons. The van der Waals surface area contributed by atoms with Crippen LogP contribution >= 0.6 is 0 Å². The number of carbonyl (C=O) groups excluding carboxylic acids is 1. The highest BCUT2D eigenvalue weighted by Gasteiger charge is 2.25. The van der Waals surface area contributed by atoms with Crippen LogP contribution in [-0.4, -0.2) is 61.1 Å². The van der Waals surface area contributed by atoms with Gasteiger partial charge in [-0.15, -0.1) is 0 Å². The number of likely N-dealkylation sites (tertiary alicyclic amines) is 1. The second kappa shape index (κ2) is 10.5. The average Bonchev–Trinajstić information content (AvgIpc) is 3.49. The van der Waals surface area contributed by atoms with Gasteiger partial charge < -0.3 is 14.8 Å². The Balaban J connectivity index is 1.47. The van der Waals surface area contributed by atoms with E-state index < -0.39 is 6.04 Å². The lowest BCUT2D eigenvalue weighted by Crippen LogP contribution is -2.41. The van der Waals surface area contributed by atoms with Crippen molar-refractivity contribution < 1.29 is 4.79 Å². The smallest absolute Gasteiger partial charge is 0.280 e. The molecular formula is C27H33N7O2. The minimum Gasteiger partial charge on any atom is -0.353 e. The fourth-order valence-electron chi connectivity index (χ4n) is 4.91. The largest absolute Gasteiger partial charge is 0.353 e. The lowest BCUT2D eigenvalue weighted by atomic mass is 10.2. The molecule has 3 aromatic heterocycles. The third kappa shape index (κ3) is 4.70. The molecule has 4 heterocycles. The fourth-order valence-corrected chi connectivity index (χ4v) is 4.91. The Bertz CT molecular complexity index is 1380. The number of amides is 1. The van der Waals surface area contributed by atoms with Gasteiger partial charge in [0.15, 0.2) is 5.82 Å². The Morgan fingerprint density at radius 3 is 2.39 bits per heavy atom. The van der Waals surface area contributed by atoms with Crippen LogP contribution in [0.4, 0.5) is 0 Å². The van der Waals surface area contributed by atoms with E-state index in [2.05, 4.69) is 15.3 Å². The van der Waals surface area contributed by atoms with E-state index >= 15 is 0 Å². The van der Waals surface area contributed by atoms with E-state index in [-0.39, 0.29) is 11.5 Å². The van der Waals surface area contributed by atoms with Gasteiger partial charge in [-0.05, 0) is 64.0 Å². The SMILES string of the molecule is Cc1nn([C@@H](C)C(=O)NCCN2CCCCCC2)c(=O)c2c(-n3cccc3)n(-c3ccccc3)nc12. The van der Waals surface area contributed by atoms with Crippen LogP contribution in [0.1, 0.15) is 44.3 Å². The standard InChI is InChI=1S/C27H33N7O2/c1-20-24-23(26(32-17-10-11-18-32)34(30-24)22-12-6-5-7-13-22)27(36)33(29-20)21(2)25(35)28-14-19-31-15-8-3-4-9-16-31/h5-7,10-13,17-18,21H,3-4,8-9,14-16,19H2,1-2H3,(H,28,35)/t21-/m0/s1. The van der Waals surface area contributed by atoms with Crippen molar-refractivity contribution in [2.24, 2.45) is 0 Å². The molecule has 0 saturated carbocycles. The van der Waals surface area contributed by atoms with E-state index in [1.165, 1.54) is 30.4 Å². The van der Waals surface area contributed by atoms with Crippen LogP contribution in [0.25, 0.3) is 22.4 Å². The van der Waals surface area contributed by atoms with Gasteiger partial charge in [-0.1, -0.05) is 31.0 Å². The summed E-state index contributed by atoms with van der Waals surface area (Å²) in [6.45, 7) is 7.08. The van der Waals surface area contributed by atoms with E-state index in [1.54, 1.807) is 11.6 Å². The van der Waals surface area contributed by atoms with Gasteiger partial charge in [-0.25, -0.2) is 9.36 Å². The summed E-state index contributed by atoms with van der Waals surface area (Å²) in [6, 6.07) is 12.8. The first kappa shape index (κ1) is 24.0. The third-order valence-electron chi connectivity index (χ3n) is 6.91. The molecule has 9 heteroatoms.